The summed E-state index contributed by atoms with van der Waals surface area (Å²) in [5.41, 5.74) is 0.803. The van der Waals surface area contributed by atoms with E-state index >= 15 is 0 Å². The fourth-order valence-electron chi connectivity index (χ4n) is 2.70. The van der Waals surface area contributed by atoms with E-state index in [4.69, 9.17) is 25.8 Å². The van der Waals surface area contributed by atoms with Gasteiger partial charge in [0.05, 0.1) is 17.0 Å². The van der Waals surface area contributed by atoms with E-state index in [0.29, 0.717) is 34.2 Å². The highest BCUT2D eigenvalue weighted by Gasteiger charge is 2.32. The Morgan fingerprint density at radius 2 is 1.93 bits per heavy atom. The van der Waals surface area contributed by atoms with E-state index in [9.17, 15) is 9.90 Å². The maximum absolute atomic E-state index is 11.2. The molecule has 0 aromatic heterocycles. The summed E-state index contributed by atoms with van der Waals surface area (Å²) in [7, 11) is 1.61. The van der Waals surface area contributed by atoms with E-state index in [2.05, 4.69) is 21.2 Å². The van der Waals surface area contributed by atoms with Gasteiger partial charge in [0.15, 0.2) is 0 Å². The number of carboxylic acids is 1. The molecule has 1 heterocycles. The molecule has 0 radical (unpaired) electrons. The normalized spacial score (nSPS) is 18.7. The van der Waals surface area contributed by atoms with Crippen LogP contribution in [0.25, 0.3) is 0 Å². The first-order valence-corrected chi connectivity index (χ1v) is 10.7. The van der Waals surface area contributed by atoms with Gasteiger partial charge < -0.3 is 19.3 Å². The predicted octanol–water partition coefficient (Wildman–Crippen LogP) is 4.36. The average Bonchev–Trinajstić information content (AvgIpc) is 3.17. The number of nitrogens with one attached hydrogen (secondary N) is 1. The topological polar surface area (TPSA) is 77.0 Å². The second kappa shape index (κ2) is 9.73. The second-order valence-corrected chi connectivity index (χ2v) is 8.38. The maximum Gasteiger partial charge on any atom is 0.321 e. The molecule has 0 spiro atoms. The lowest BCUT2D eigenvalue weighted by Gasteiger charge is -2.19. The third-order valence-corrected chi connectivity index (χ3v) is 6.11. The standard InChI is InChI=1S/C19H19BrClNO5S/c1-25-12-2-4-13(5-3-12)26-6-7-27-17-14(8-11(21)9-15(17)20)18-22-16(10-28-18)19(23)24/h2-5,8-9,16,18,22H,6-7,10H2,1H3,(H,23,24). The number of carboxylic acid groups (broad SMARTS) is 1. The van der Waals surface area contributed by atoms with E-state index < -0.39 is 12.0 Å². The fourth-order valence-corrected chi connectivity index (χ4v) is 4.88. The predicted molar refractivity (Wildman–Crippen MR) is 113 cm³/mol. The summed E-state index contributed by atoms with van der Waals surface area (Å²) in [5, 5.41) is 12.6. The lowest BCUT2D eigenvalue weighted by atomic mass is 10.2. The molecule has 150 valence electrons. The van der Waals surface area contributed by atoms with Crippen molar-refractivity contribution in [3.8, 4) is 17.2 Å². The van der Waals surface area contributed by atoms with Gasteiger partial charge in [-0.25, -0.2) is 0 Å². The minimum absolute atomic E-state index is 0.214. The van der Waals surface area contributed by atoms with Gasteiger partial charge in [-0.1, -0.05) is 11.6 Å². The minimum atomic E-state index is -0.869. The monoisotopic (exact) mass is 487 g/mol. The van der Waals surface area contributed by atoms with Gasteiger partial charge in [0.2, 0.25) is 0 Å². The summed E-state index contributed by atoms with van der Waals surface area (Å²) >= 11 is 11.2. The van der Waals surface area contributed by atoms with Crippen LogP contribution in [-0.4, -0.2) is 43.2 Å². The molecule has 9 heteroatoms. The van der Waals surface area contributed by atoms with Crippen molar-refractivity contribution in [3.05, 3.63) is 51.5 Å². The number of carbonyl (C=O) groups is 1. The summed E-state index contributed by atoms with van der Waals surface area (Å²) in [6.45, 7) is 0.669. The zero-order valence-electron chi connectivity index (χ0n) is 15.0. The number of hydrogen-bond donors (Lipinski definition) is 2. The van der Waals surface area contributed by atoms with E-state index in [-0.39, 0.29) is 5.37 Å². The van der Waals surface area contributed by atoms with Gasteiger partial charge in [-0.3, -0.25) is 10.1 Å². The molecule has 2 aromatic carbocycles. The summed E-state index contributed by atoms with van der Waals surface area (Å²) < 4.78 is 17.5. The van der Waals surface area contributed by atoms with Crippen molar-refractivity contribution in [1.82, 2.24) is 5.32 Å². The molecule has 2 N–H and O–H groups in total. The molecule has 28 heavy (non-hydrogen) atoms. The number of halogens is 2. The van der Waals surface area contributed by atoms with E-state index in [1.54, 1.807) is 19.2 Å². The number of aliphatic carboxylic acids is 1. The summed E-state index contributed by atoms with van der Waals surface area (Å²) in [6.07, 6.45) is 0. The highest BCUT2D eigenvalue weighted by molar-refractivity contribution is 9.10. The molecule has 0 bridgehead atoms. The first kappa shape index (κ1) is 21.1. The van der Waals surface area contributed by atoms with Crippen molar-refractivity contribution in [2.24, 2.45) is 0 Å². The van der Waals surface area contributed by atoms with Crippen LogP contribution in [0.3, 0.4) is 0 Å². The zero-order chi connectivity index (χ0) is 20.1. The third kappa shape index (κ3) is 5.26. The van der Waals surface area contributed by atoms with E-state index in [1.165, 1.54) is 11.8 Å². The molecule has 0 saturated carbocycles. The van der Waals surface area contributed by atoms with Gasteiger partial charge in [-0.15, -0.1) is 11.8 Å². The smallest absolute Gasteiger partial charge is 0.321 e. The average molecular weight is 489 g/mol. The van der Waals surface area contributed by atoms with Crippen LogP contribution in [-0.2, 0) is 4.79 Å². The lowest BCUT2D eigenvalue weighted by Crippen LogP contribution is -2.33. The maximum atomic E-state index is 11.2. The van der Waals surface area contributed by atoms with Crippen molar-refractivity contribution in [2.45, 2.75) is 11.4 Å². The van der Waals surface area contributed by atoms with Crippen LogP contribution >= 0.6 is 39.3 Å². The molecule has 1 fully saturated rings. The SMILES string of the molecule is COc1ccc(OCCOc2c(Br)cc(Cl)cc2C2NC(C(=O)O)CS2)cc1. The van der Waals surface area contributed by atoms with Gasteiger partial charge in [-0.2, -0.15) is 0 Å². The Morgan fingerprint density at radius 1 is 1.25 bits per heavy atom. The first-order valence-electron chi connectivity index (χ1n) is 8.47. The third-order valence-electron chi connectivity index (χ3n) is 4.06. The minimum Gasteiger partial charge on any atom is -0.497 e. The number of thioether (sulfide) groups is 1. The molecule has 2 aromatic rings. The van der Waals surface area contributed by atoms with Crippen LogP contribution in [0.4, 0.5) is 0 Å². The van der Waals surface area contributed by atoms with Crippen molar-refractivity contribution in [3.63, 3.8) is 0 Å². The second-order valence-electron chi connectivity index (χ2n) is 5.95. The summed E-state index contributed by atoms with van der Waals surface area (Å²) in [5.74, 6) is 1.71. The van der Waals surface area contributed by atoms with Crippen LogP contribution in [0.1, 0.15) is 10.9 Å². The molecule has 0 aliphatic carbocycles. The highest BCUT2D eigenvalue weighted by Crippen LogP contribution is 2.42. The Morgan fingerprint density at radius 3 is 2.57 bits per heavy atom. The van der Waals surface area contributed by atoms with Crippen molar-refractivity contribution >= 4 is 45.3 Å². The molecule has 0 amide bonds. The van der Waals surface area contributed by atoms with E-state index in [0.717, 1.165) is 17.1 Å². The molecular weight excluding hydrogens is 470 g/mol. The Hall–Kier alpha value is -1.61. The van der Waals surface area contributed by atoms with Crippen LogP contribution < -0.4 is 19.5 Å². The number of benzene rings is 2. The summed E-state index contributed by atoms with van der Waals surface area (Å²) in [6, 6.07) is 10.2. The Balaban J connectivity index is 1.63. The summed E-state index contributed by atoms with van der Waals surface area (Å²) in [4.78, 5) is 11.2. The molecule has 2 atom stereocenters. The van der Waals surface area contributed by atoms with Crippen molar-refractivity contribution in [1.29, 1.82) is 0 Å². The Labute approximate surface area is 180 Å². The van der Waals surface area contributed by atoms with Crippen molar-refractivity contribution < 1.29 is 24.1 Å². The number of methoxy groups -OCH3 is 1. The molecule has 1 saturated heterocycles. The first-order chi connectivity index (χ1) is 13.5. The largest absolute Gasteiger partial charge is 0.497 e. The van der Waals surface area contributed by atoms with Gasteiger partial charge in [0.1, 0.15) is 36.5 Å². The van der Waals surface area contributed by atoms with Gasteiger partial charge in [-0.05, 0) is 52.3 Å². The molecule has 6 nitrogen and oxygen atoms in total. The van der Waals surface area contributed by atoms with Crippen molar-refractivity contribution in [2.75, 3.05) is 26.1 Å². The van der Waals surface area contributed by atoms with Gasteiger partial charge in [0.25, 0.3) is 0 Å². The quantitative estimate of drug-likeness (QED) is 0.535. The zero-order valence-corrected chi connectivity index (χ0v) is 18.1. The van der Waals surface area contributed by atoms with Crippen LogP contribution in [0, 0.1) is 0 Å². The van der Waals surface area contributed by atoms with Crippen LogP contribution in [0.5, 0.6) is 17.2 Å². The highest BCUT2D eigenvalue weighted by atomic mass is 79.9. The molecule has 1 aliphatic rings. The van der Waals surface area contributed by atoms with E-state index in [1.807, 2.05) is 24.3 Å². The fraction of sp³-hybridized carbons (Fsp3) is 0.316. The van der Waals surface area contributed by atoms with Gasteiger partial charge in [0, 0.05) is 16.3 Å². The number of ether oxygens (including phenoxy) is 3. The van der Waals surface area contributed by atoms with Crippen LogP contribution in [0.2, 0.25) is 5.02 Å². The molecular formula is C19H19BrClNO5S. The number of hydrogen-bond acceptors (Lipinski definition) is 6. The lowest BCUT2D eigenvalue weighted by molar-refractivity contribution is -0.138. The van der Waals surface area contributed by atoms with Crippen LogP contribution in [0.15, 0.2) is 40.9 Å². The molecule has 2 unspecified atom stereocenters. The Bertz CT molecular complexity index is 836. The van der Waals surface area contributed by atoms with Gasteiger partial charge >= 0.3 is 5.97 Å². The molecule has 1 aliphatic heterocycles. The molecule has 3 rings (SSSR count). The number of rotatable bonds is 8. The Kier molecular flexibility index (Phi) is 7.34.